The zero-order chi connectivity index (χ0) is 9.14. The highest BCUT2D eigenvalue weighted by Crippen LogP contribution is 2.11. The summed E-state index contributed by atoms with van der Waals surface area (Å²) in [7, 11) is 0. The number of nitrogens with zero attached hydrogens (tertiary/aromatic N) is 1. The minimum absolute atomic E-state index is 0.174. The van der Waals surface area contributed by atoms with Crippen LogP contribution >= 0.6 is 35.0 Å². The van der Waals surface area contributed by atoms with Gasteiger partial charge in [0.2, 0.25) is 5.91 Å². The van der Waals surface area contributed by atoms with Gasteiger partial charge in [0.25, 0.3) is 5.91 Å². The summed E-state index contributed by atoms with van der Waals surface area (Å²) in [6.07, 6.45) is 0. The van der Waals surface area contributed by atoms with Crippen molar-refractivity contribution in [2.24, 2.45) is 4.99 Å². The number of hydrogen-bond donors (Lipinski definition) is 1. The SMILES string of the molecule is O=C1CSC(=NC(=O)C(Cl)Cl)N1. The van der Waals surface area contributed by atoms with Gasteiger partial charge in [-0.2, -0.15) is 4.99 Å². The number of thioether (sulfide) groups is 1. The van der Waals surface area contributed by atoms with Crippen LogP contribution in [0.15, 0.2) is 4.99 Å². The van der Waals surface area contributed by atoms with Crippen LogP contribution in [-0.4, -0.2) is 27.6 Å². The van der Waals surface area contributed by atoms with E-state index in [1.807, 2.05) is 0 Å². The third-order valence-electron chi connectivity index (χ3n) is 0.985. The summed E-state index contributed by atoms with van der Waals surface area (Å²) in [6.45, 7) is 0. The highest BCUT2D eigenvalue weighted by Gasteiger charge is 2.19. The molecule has 0 saturated carbocycles. The minimum atomic E-state index is -1.17. The number of alkyl halides is 2. The molecule has 1 N–H and O–H groups in total. The Morgan fingerprint density at radius 1 is 1.67 bits per heavy atom. The van der Waals surface area contributed by atoms with Gasteiger partial charge in [0.05, 0.1) is 5.75 Å². The molecule has 4 nitrogen and oxygen atoms in total. The number of halogens is 2. The van der Waals surface area contributed by atoms with Crippen LogP contribution in [0.4, 0.5) is 0 Å². The van der Waals surface area contributed by atoms with Crippen molar-refractivity contribution < 1.29 is 9.59 Å². The summed E-state index contributed by atoms with van der Waals surface area (Å²) in [4.78, 5) is 23.7. The van der Waals surface area contributed by atoms with E-state index in [4.69, 9.17) is 23.2 Å². The fourth-order valence-corrected chi connectivity index (χ4v) is 1.31. The Kier molecular flexibility index (Phi) is 3.37. The van der Waals surface area contributed by atoms with Gasteiger partial charge in [-0.25, -0.2) is 0 Å². The maximum absolute atomic E-state index is 10.8. The van der Waals surface area contributed by atoms with Crippen LogP contribution in [0.2, 0.25) is 0 Å². The Bertz CT molecular complexity index is 254. The second-order valence-corrected chi connectivity index (χ2v) is 3.95. The summed E-state index contributed by atoms with van der Waals surface area (Å²) < 4.78 is 0. The van der Waals surface area contributed by atoms with E-state index in [0.717, 1.165) is 11.8 Å². The van der Waals surface area contributed by atoms with E-state index in [-0.39, 0.29) is 16.8 Å². The van der Waals surface area contributed by atoms with Crippen molar-refractivity contribution in [2.45, 2.75) is 4.84 Å². The Labute approximate surface area is 82.7 Å². The quantitative estimate of drug-likeness (QED) is 0.665. The van der Waals surface area contributed by atoms with Crippen molar-refractivity contribution in [3.63, 3.8) is 0 Å². The molecule has 0 bridgehead atoms. The predicted octanol–water partition coefficient (Wildman–Crippen LogP) is 0.536. The average molecular weight is 227 g/mol. The molecule has 0 radical (unpaired) electrons. The van der Waals surface area contributed by atoms with Crippen molar-refractivity contribution in [1.82, 2.24) is 5.32 Å². The topological polar surface area (TPSA) is 58.5 Å². The molecule has 1 aliphatic rings. The monoisotopic (exact) mass is 226 g/mol. The number of carbonyl (C=O) groups excluding carboxylic acids is 2. The zero-order valence-corrected chi connectivity index (χ0v) is 8.04. The largest absolute Gasteiger partial charge is 0.304 e. The van der Waals surface area contributed by atoms with Gasteiger partial charge in [-0.05, 0) is 0 Å². The van der Waals surface area contributed by atoms with E-state index in [1.54, 1.807) is 0 Å². The molecule has 0 aliphatic carbocycles. The van der Waals surface area contributed by atoms with Crippen LogP contribution in [0.25, 0.3) is 0 Å². The molecule has 1 saturated heterocycles. The molecule has 0 unspecified atom stereocenters. The number of nitrogens with one attached hydrogen (secondary N) is 1. The van der Waals surface area contributed by atoms with Gasteiger partial charge in [-0.1, -0.05) is 35.0 Å². The molecule has 1 fully saturated rings. The standard InChI is InChI=1S/C5H4Cl2N2O2S/c6-3(7)4(11)9-5-8-2(10)1-12-5/h3H,1H2,(H,8,9,10,11). The van der Waals surface area contributed by atoms with Gasteiger partial charge in [0, 0.05) is 0 Å². The van der Waals surface area contributed by atoms with Gasteiger partial charge >= 0.3 is 0 Å². The molecule has 0 aromatic rings. The summed E-state index contributed by atoms with van der Waals surface area (Å²) in [6, 6.07) is 0. The van der Waals surface area contributed by atoms with Crippen molar-refractivity contribution >= 4 is 51.9 Å². The Hall–Kier alpha value is -0.260. The van der Waals surface area contributed by atoms with E-state index in [0.29, 0.717) is 0 Å². The van der Waals surface area contributed by atoms with E-state index in [2.05, 4.69) is 10.3 Å². The minimum Gasteiger partial charge on any atom is -0.304 e. The lowest BCUT2D eigenvalue weighted by Gasteiger charge is -1.94. The summed E-state index contributed by atoms with van der Waals surface area (Å²) >= 11 is 11.6. The van der Waals surface area contributed by atoms with Crippen LogP contribution in [0.1, 0.15) is 0 Å². The predicted molar refractivity (Wildman–Crippen MR) is 48.5 cm³/mol. The lowest BCUT2D eigenvalue weighted by atomic mass is 10.7. The number of hydrogen-bond acceptors (Lipinski definition) is 3. The van der Waals surface area contributed by atoms with E-state index < -0.39 is 10.7 Å². The van der Waals surface area contributed by atoms with Gasteiger partial charge in [-0.15, -0.1) is 0 Å². The normalized spacial score (nSPS) is 20.2. The van der Waals surface area contributed by atoms with Gasteiger partial charge in [-0.3, -0.25) is 9.59 Å². The van der Waals surface area contributed by atoms with Crippen LogP contribution < -0.4 is 5.32 Å². The number of carbonyl (C=O) groups is 2. The van der Waals surface area contributed by atoms with Crippen LogP contribution in [-0.2, 0) is 9.59 Å². The smallest absolute Gasteiger partial charge is 0.281 e. The lowest BCUT2D eigenvalue weighted by Crippen LogP contribution is -2.22. The molecule has 1 aliphatic heterocycles. The van der Waals surface area contributed by atoms with Gasteiger partial charge in [0.15, 0.2) is 10.0 Å². The molecule has 12 heavy (non-hydrogen) atoms. The molecular weight excluding hydrogens is 223 g/mol. The average Bonchev–Trinajstić information content (AvgIpc) is 2.35. The van der Waals surface area contributed by atoms with E-state index >= 15 is 0 Å². The molecule has 2 amide bonds. The molecule has 66 valence electrons. The van der Waals surface area contributed by atoms with Gasteiger partial charge < -0.3 is 5.32 Å². The Morgan fingerprint density at radius 2 is 2.33 bits per heavy atom. The van der Waals surface area contributed by atoms with E-state index in [9.17, 15) is 9.59 Å². The fourth-order valence-electron chi connectivity index (χ4n) is 0.534. The zero-order valence-electron chi connectivity index (χ0n) is 5.71. The molecular formula is C5H4Cl2N2O2S. The van der Waals surface area contributed by atoms with Crippen molar-refractivity contribution in [3.05, 3.63) is 0 Å². The molecule has 0 spiro atoms. The van der Waals surface area contributed by atoms with Crippen LogP contribution in [0, 0.1) is 0 Å². The highest BCUT2D eigenvalue weighted by atomic mass is 35.5. The van der Waals surface area contributed by atoms with Crippen LogP contribution in [0.3, 0.4) is 0 Å². The second kappa shape index (κ2) is 4.11. The van der Waals surface area contributed by atoms with Gasteiger partial charge in [0.1, 0.15) is 0 Å². The van der Waals surface area contributed by atoms with Crippen molar-refractivity contribution in [2.75, 3.05) is 5.75 Å². The molecule has 0 aromatic carbocycles. The maximum atomic E-state index is 10.8. The number of aliphatic imine (C=N–C) groups is 1. The molecule has 1 heterocycles. The molecule has 7 heteroatoms. The molecule has 0 aromatic heterocycles. The second-order valence-electron chi connectivity index (χ2n) is 1.89. The first-order valence-corrected chi connectivity index (χ1v) is 4.79. The molecule has 0 atom stereocenters. The lowest BCUT2D eigenvalue weighted by molar-refractivity contribution is -0.116. The Morgan fingerprint density at radius 3 is 2.75 bits per heavy atom. The number of amides is 2. The third-order valence-corrected chi connectivity index (χ3v) is 2.23. The number of rotatable bonds is 1. The summed E-state index contributed by atoms with van der Waals surface area (Å²) in [5.41, 5.74) is 0. The Balaban J connectivity index is 2.58. The van der Waals surface area contributed by atoms with Crippen molar-refractivity contribution in [1.29, 1.82) is 0 Å². The third kappa shape index (κ3) is 2.66. The van der Waals surface area contributed by atoms with E-state index in [1.165, 1.54) is 0 Å². The summed E-state index contributed by atoms with van der Waals surface area (Å²) in [5, 5.41) is 2.64. The highest BCUT2D eigenvalue weighted by molar-refractivity contribution is 8.15. The first-order chi connectivity index (χ1) is 5.59. The maximum Gasteiger partial charge on any atom is 0.281 e. The van der Waals surface area contributed by atoms with Crippen LogP contribution in [0.5, 0.6) is 0 Å². The van der Waals surface area contributed by atoms with Crippen molar-refractivity contribution in [3.8, 4) is 0 Å². The molecule has 1 rings (SSSR count). The first kappa shape index (κ1) is 9.83. The summed E-state index contributed by atoms with van der Waals surface area (Å²) in [5.74, 6) is -0.559. The first-order valence-electron chi connectivity index (χ1n) is 2.93. The fraction of sp³-hybridized carbons (Fsp3) is 0.400. The number of amidine groups is 1.